The summed E-state index contributed by atoms with van der Waals surface area (Å²) in [6, 6.07) is 7.28. The summed E-state index contributed by atoms with van der Waals surface area (Å²) in [6.07, 6.45) is 1.64. The molecule has 1 N–H and O–H groups in total. The fourth-order valence-corrected chi connectivity index (χ4v) is 4.22. The molecule has 0 radical (unpaired) electrons. The molecule has 0 atom stereocenters. The number of hydrogen-bond acceptors (Lipinski definition) is 3. The van der Waals surface area contributed by atoms with Gasteiger partial charge < -0.3 is 0 Å². The number of nitrogens with zero attached hydrogens (tertiary/aromatic N) is 1. The molecule has 112 valence electrons. The molecule has 1 heterocycles. The normalized spacial score (nSPS) is 11.6. The third kappa shape index (κ3) is 3.51. The number of halogens is 1. The predicted octanol–water partition coefficient (Wildman–Crippen LogP) is 3.25. The molecule has 2 rings (SSSR count). The fraction of sp³-hybridized carbons (Fsp3) is 0.267. The Bertz CT molecular complexity index is 759. The van der Waals surface area contributed by atoms with Crippen molar-refractivity contribution in [3.05, 3.63) is 57.3 Å². The first-order chi connectivity index (χ1) is 9.83. The molecule has 0 saturated carbocycles. The Morgan fingerprint density at radius 3 is 2.52 bits per heavy atom. The molecule has 2 aromatic rings. The van der Waals surface area contributed by atoms with Crippen LogP contribution in [0.4, 0.5) is 0 Å². The summed E-state index contributed by atoms with van der Waals surface area (Å²) in [7, 11) is -3.58. The van der Waals surface area contributed by atoms with E-state index in [1.807, 2.05) is 26.0 Å². The minimum absolute atomic E-state index is 0.174. The van der Waals surface area contributed by atoms with E-state index < -0.39 is 10.0 Å². The molecular formula is C15H17BrN2O2S. The summed E-state index contributed by atoms with van der Waals surface area (Å²) in [5.41, 5.74) is 3.17. The van der Waals surface area contributed by atoms with E-state index in [1.54, 1.807) is 25.3 Å². The number of nitrogens with one attached hydrogen (secondary N) is 1. The molecule has 0 bridgehead atoms. The van der Waals surface area contributed by atoms with Crippen LogP contribution >= 0.6 is 15.9 Å². The largest absolute Gasteiger partial charge is 0.260 e. The smallest absolute Gasteiger partial charge is 0.241 e. The summed E-state index contributed by atoms with van der Waals surface area (Å²) >= 11 is 3.45. The Kier molecular flexibility index (Phi) is 4.81. The number of hydrogen-bond donors (Lipinski definition) is 1. The maximum atomic E-state index is 12.6. The minimum Gasteiger partial charge on any atom is -0.260 e. The van der Waals surface area contributed by atoms with E-state index in [-0.39, 0.29) is 6.54 Å². The average molecular weight is 369 g/mol. The lowest BCUT2D eigenvalue weighted by atomic mass is 10.1. The second kappa shape index (κ2) is 6.25. The van der Waals surface area contributed by atoms with Crippen molar-refractivity contribution in [1.82, 2.24) is 9.71 Å². The molecule has 0 spiro atoms. The van der Waals surface area contributed by atoms with Gasteiger partial charge in [0.15, 0.2) is 0 Å². The second-order valence-electron chi connectivity index (χ2n) is 4.92. The van der Waals surface area contributed by atoms with E-state index in [0.717, 1.165) is 21.2 Å². The summed E-state index contributed by atoms with van der Waals surface area (Å²) in [4.78, 5) is 4.45. The van der Waals surface area contributed by atoms with Gasteiger partial charge in [-0.2, -0.15) is 0 Å². The standard InChI is InChI=1S/C15H17BrN2O2S/c1-10-8-11(2)15(12(3)14(10)16)21(19,20)18-9-13-6-4-5-7-17-13/h4-8,18H,9H2,1-3H3. The van der Waals surface area contributed by atoms with Gasteiger partial charge in [0.25, 0.3) is 0 Å². The molecule has 6 heteroatoms. The second-order valence-corrected chi connectivity index (χ2v) is 7.42. The molecule has 0 amide bonds. The Morgan fingerprint density at radius 2 is 1.90 bits per heavy atom. The van der Waals surface area contributed by atoms with E-state index in [2.05, 4.69) is 25.6 Å². The molecule has 0 saturated heterocycles. The van der Waals surface area contributed by atoms with Gasteiger partial charge in [0, 0.05) is 10.7 Å². The molecule has 1 aromatic heterocycles. The van der Waals surface area contributed by atoms with Crippen LogP contribution in [0.1, 0.15) is 22.4 Å². The van der Waals surface area contributed by atoms with Gasteiger partial charge in [-0.1, -0.05) is 28.1 Å². The lowest BCUT2D eigenvalue weighted by Crippen LogP contribution is -2.25. The Morgan fingerprint density at radius 1 is 1.19 bits per heavy atom. The van der Waals surface area contributed by atoms with Gasteiger partial charge >= 0.3 is 0 Å². The van der Waals surface area contributed by atoms with Gasteiger partial charge in [-0.3, -0.25) is 4.98 Å². The average Bonchev–Trinajstić information content (AvgIpc) is 2.44. The van der Waals surface area contributed by atoms with E-state index in [4.69, 9.17) is 0 Å². The highest BCUT2D eigenvalue weighted by atomic mass is 79.9. The zero-order valence-electron chi connectivity index (χ0n) is 12.1. The summed E-state index contributed by atoms with van der Waals surface area (Å²) in [6.45, 7) is 5.73. The Balaban J connectivity index is 2.35. The van der Waals surface area contributed by atoms with Gasteiger partial charge in [-0.25, -0.2) is 13.1 Å². The van der Waals surface area contributed by atoms with E-state index >= 15 is 0 Å². The summed E-state index contributed by atoms with van der Waals surface area (Å²) < 4.78 is 28.5. The summed E-state index contributed by atoms with van der Waals surface area (Å²) in [5.74, 6) is 0. The van der Waals surface area contributed by atoms with Crippen LogP contribution in [0.5, 0.6) is 0 Å². The number of rotatable bonds is 4. The molecule has 0 fully saturated rings. The highest BCUT2D eigenvalue weighted by molar-refractivity contribution is 9.10. The summed E-state index contributed by atoms with van der Waals surface area (Å²) in [5, 5.41) is 0. The fourth-order valence-electron chi connectivity index (χ4n) is 2.30. The lowest BCUT2D eigenvalue weighted by Gasteiger charge is -2.15. The first kappa shape index (κ1) is 16.1. The first-order valence-corrected chi connectivity index (χ1v) is 8.76. The topological polar surface area (TPSA) is 59.1 Å². The highest BCUT2D eigenvalue weighted by Gasteiger charge is 2.21. The zero-order valence-corrected chi connectivity index (χ0v) is 14.5. The van der Waals surface area contributed by atoms with Crippen molar-refractivity contribution in [2.24, 2.45) is 0 Å². The Hall–Kier alpha value is -1.24. The van der Waals surface area contributed by atoms with Crippen molar-refractivity contribution in [3.8, 4) is 0 Å². The van der Waals surface area contributed by atoms with Crippen molar-refractivity contribution in [3.63, 3.8) is 0 Å². The SMILES string of the molecule is Cc1cc(C)c(S(=O)(=O)NCc2ccccn2)c(C)c1Br. The molecule has 0 aliphatic heterocycles. The predicted molar refractivity (Wildman–Crippen MR) is 86.6 cm³/mol. The van der Waals surface area contributed by atoms with E-state index in [0.29, 0.717) is 10.6 Å². The van der Waals surface area contributed by atoms with Crippen molar-refractivity contribution in [2.45, 2.75) is 32.2 Å². The van der Waals surface area contributed by atoms with Crippen LogP contribution in [0.25, 0.3) is 0 Å². The molecule has 21 heavy (non-hydrogen) atoms. The van der Waals surface area contributed by atoms with Crippen LogP contribution < -0.4 is 4.72 Å². The molecule has 0 unspecified atom stereocenters. The van der Waals surface area contributed by atoms with Crippen molar-refractivity contribution in [1.29, 1.82) is 0 Å². The van der Waals surface area contributed by atoms with Gasteiger partial charge in [-0.15, -0.1) is 0 Å². The zero-order chi connectivity index (χ0) is 15.6. The number of benzene rings is 1. The number of sulfonamides is 1. The maximum Gasteiger partial charge on any atom is 0.241 e. The highest BCUT2D eigenvalue weighted by Crippen LogP contribution is 2.30. The third-order valence-corrected chi connectivity index (χ3v) is 6.16. The number of aromatic nitrogens is 1. The quantitative estimate of drug-likeness (QED) is 0.900. The third-order valence-electron chi connectivity index (χ3n) is 3.25. The van der Waals surface area contributed by atoms with Crippen molar-refractivity contribution in [2.75, 3.05) is 0 Å². The van der Waals surface area contributed by atoms with Crippen LogP contribution in [-0.4, -0.2) is 13.4 Å². The number of pyridine rings is 1. The van der Waals surface area contributed by atoms with E-state index in [9.17, 15) is 8.42 Å². The molecule has 4 nitrogen and oxygen atoms in total. The van der Waals surface area contributed by atoms with Crippen LogP contribution in [0, 0.1) is 20.8 Å². The Labute approximate surface area is 133 Å². The van der Waals surface area contributed by atoms with E-state index in [1.165, 1.54) is 0 Å². The van der Waals surface area contributed by atoms with Crippen LogP contribution in [0.15, 0.2) is 39.8 Å². The van der Waals surface area contributed by atoms with Gasteiger partial charge in [0.05, 0.1) is 17.1 Å². The van der Waals surface area contributed by atoms with Crippen LogP contribution in [0.2, 0.25) is 0 Å². The molecule has 0 aliphatic carbocycles. The lowest BCUT2D eigenvalue weighted by molar-refractivity contribution is 0.579. The monoisotopic (exact) mass is 368 g/mol. The van der Waals surface area contributed by atoms with Gasteiger partial charge in [0.2, 0.25) is 10.0 Å². The van der Waals surface area contributed by atoms with Gasteiger partial charge in [-0.05, 0) is 49.6 Å². The van der Waals surface area contributed by atoms with Crippen LogP contribution in [0.3, 0.4) is 0 Å². The molecule has 0 aliphatic rings. The van der Waals surface area contributed by atoms with Crippen molar-refractivity contribution >= 4 is 26.0 Å². The van der Waals surface area contributed by atoms with Crippen molar-refractivity contribution < 1.29 is 8.42 Å². The maximum absolute atomic E-state index is 12.6. The van der Waals surface area contributed by atoms with Gasteiger partial charge in [0.1, 0.15) is 0 Å². The molecular weight excluding hydrogens is 352 g/mol. The van der Waals surface area contributed by atoms with Crippen LogP contribution in [-0.2, 0) is 16.6 Å². The first-order valence-electron chi connectivity index (χ1n) is 6.49. The minimum atomic E-state index is -3.58. The molecule has 1 aromatic carbocycles. The number of aryl methyl sites for hydroxylation is 2.